The summed E-state index contributed by atoms with van der Waals surface area (Å²) >= 11 is 1.81. The summed E-state index contributed by atoms with van der Waals surface area (Å²) in [7, 11) is 0. The summed E-state index contributed by atoms with van der Waals surface area (Å²) in [6.45, 7) is 6.21. The number of aryl methyl sites for hydroxylation is 1. The molecule has 1 aromatic carbocycles. The molecular weight excluding hydrogens is 266 g/mol. The standard InChI is InChI=1S/C16H18N3S/c1-3-18-10-9-13(17-12-18)11-16-19(4-2)14-7-5-6-8-15(14)20-16/h5-12H,3-4H2,1-2H3/q+1. The molecule has 20 heavy (non-hydrogen) atoms. The molecular formula is C16H18N3S+. The first-order valence-electron chi connectivity index (χ1n) is 6.93. The molecule has 0 fully saturated rings. The van der Waals surface area contributed by atoms with Gasteiger partial charge < -0.3 is 4.90 Å². The van der Waals surface area contributed by atoms with Crippen LogP contribution in [-0.4, -0.2) is 11.5 Å². The van der Waals surface area contributed by atoms with Gasteiger partial charge in [-0.1, -0.05) is 23.9 Å². The molecule has 3 rings (SSSR count). The predicted octanol–water partition coefficient (Wildman–Crippen LogP) is 3.32. The number of benzene rings is 1. The third kappa shape index (κ3) is 2.43. The third-order valence-corrected chi connectivity index (χ3v) is 4.49. The molecule has 4 heteroatoms. The van der Waals surface area contributed by atoms with Crippen LogP contribution in [0.25, 0.3) is 6.08 Å². The highest BCUT2D eigenvalue weighted by molar-refractivity contribution is 8.03. The quantitative estimate of drug-likeness (QED) is 0.806. The Morgan fingerprint density at radius 2 is 2.10 bits per heavy atom. The van der Waals surface area contributed by atoms with Gasteiger partial charge in [0.25, 0.3) is 6.33 Å². The molecule has 0 bridgehead atoms. The Labute approximate surface area is 124 Å². The monoisotopic (exact) mass is 284 g/mol. The number of para-hydroxylation sites is 1. The molecule has 0 aliphatic carbocycles. The Kier molecular flexibility index (Phi) is 3.74. The van der Waals surface area contributed by atoms with Crippen LogP contribution in [0.4, 0.5) is 5.69 Å². The van der Waals surface area contributed by atoms with Gasteiger partial charge in [-0.05, 0) is 31.0 Å². The van der Waals surface area contributed by atoms with Crippen molar-refractivity contribution in [1.82, 2.24) is 4.98 Å². The Morgan fingerprint density at radius 3 is 2.80 bits per heavy atom. The van der Waals surface area contributed by atoms with E-state index in [9.17, 15) is 0 Å². The van der Waals surface area contributed by atoms with Crippen molar-refractivity contribution in [2.24, 2.45) is 0 Å². The maximum Gasteiger partial charge on any atom is 0.286 e. The van der Waals surface area contributed by atoms with Crippen molar-refractivity contribution in [2.45, 2.75) is 25.3 Å². The average molecular weight is 284 g/mol. The van der Waals surface area contributed by atoms with E-state index in [1.54, 1.807) is 0 Å². The summed E-state index contributed by atoms with van der Waals surface area (Å²) in [5.74, 6) is 0. The van der Waals surface area contributed by atoms with Gasteiger partial charge in [-0.2, -0.15) is 0 Å². The van der Waals surface area contributed by atoms with Gasteiger partial charge in [-0.25, -0.2) is 4.57 Å². The van der Waals surface area contributed by atoms with Crippen LogP contribution < -0.4 is 9.47 Å². The molecule has 2 aromatic rings. The van der Waals surface area contributed by atoms with E-state index in [0.717, 1.165) is 18.8 Å². The van der Waals surface area contributed by atoms with E-state index in [0.29, 0.717) is 0 Å². The fourth-order valence-corrected chi connectivity index (χ4v) is 3.45. The maximum absolute atomic E-state index is 4.49. The van der Waals surface area contributed by atoms with Crippen LogP contribution in [0.2, 0.25) is 0 Å². The SMILES string of the molecule is CCN1/C(=C/c2cc[n+](CC)cn2)Sc2ccccc21. The van der Waals surface area contributed by atoms with Crippen LogP contribution >= 0.6 is 11.8 Å². The van der Waals surface area contributed by atoms with Crippen molar-refractivity contribution in [3.8, 4) is 0 Å². The number of nitrogens with zero attached hydrogens (tertiary/aromatic N) is 3. The lowest BCUT2D eigenvalue weighted by Crippen LogP contribution is -2.31. The number of hydrogen-bond acceptors (Lipinski definition) is 3. The highest BCUT2D eigenvalue weighted by Gasteiger charge is 2.23. The number of thioether (sulfide) groups is 1. The minimum atomic E-state index is 0.950. The largest absolute Gasteiger partial charge is 0.335 e. The van der Waals surface area contributed by atoms with E-state index in [2.05, 4.69) is 70.9 Å². The predicted molar refractivity (Wildman–Crippen MR) is 83.4 cm³/mol. The number of hydrogen-bond donors (Lipinski definition) is 0. The molecule has 0 saturated heterocycles. The van der Waals surface area contributed by atoms with Gasteiger partial charge in [0.05, 0.1) is 23.5 Å². The molecule has 0 N–H and O–H groups in total. The van der Waals surface area contributed by atoms with E-state index in [1.165, 1.54) is 15.6 Å². The lowest BCUT2D eigenvalue weighted by atomic mass is 10.3. The van der Waals surface area contributed by atoms with Gasteiger partial charge in [0.2, 0.25) is 0 Å². The Morgan fingerprint density at radius 1 is 1.25 bits per heavy atom. The van der Waals surface area contributed by atoms with E-state index < -0.39 is 0 Å². The fraction of sp³-hybridized carbons (Fsp3) is 0.250. The molecule has 0 saturated carbocycles. The van der Waals surface area contributed by atoms with Crippen molar-refractivity contribution in [2.75, 3.05) is 11.4 Å². The highest BCUT2D eigenvalue weighted by Crippen LogP contribution is 2.45. The summed E-state index contributed by atoms with van der Waals surface area (Å²) in [5.41, 5.74) is 2.30. The van der Waals surface area contributed by atoms with Crippen molar-refractivity contribution in [3.63, 3.8) is 0 Å². The second kappa shape index (κ2) is 5.67. The van der Waals surface area contributed by atoms with Crippen LogP contribution in [0.3, 0.4) is 0 Å². The highest BCUT2D eigenvalue weighted by atomic mass is 32.2. The molecule has 2 heterocycles. The molecule has 0 unspecified atom stereocenters. The second-order valence-electron chi connectivity index (χ2n) is 4.61. The molecule has 102 valence electrons. The zero-order valence-electron chi connectivity index (χ0n) is 11.8. The van der Waals surface area contributed by atoms with Crippen LogP contribution in [0.15, 0.2) is 52.8 Å². The fourth-order valence-electron chi connectivity index (χ4n) is 2.28. The first-order valence-corrected chi connectivity index (χ1v) is 7.74. The summed E-state index contributed by atoms with van der Waals surface area (Å²) in [6.07, 6.45) is 6.12. The molecule has 0 spiro atoms. The first kappa shape index (κ1) is 13.2. The second-order valence-corrected chi connectivity index (χ2v) is 5.67. The van der Waals surface area contributed by atoms with Gasteiger partial charge in [-0.15, -0.1) is 0 Å². The number of aromatic nitrogens is 2. The molecule has 1 aliphatic rings. The van der Waals surface area contributed by atoms with Gasteiger partial charge in [0.1, 0.15) is 0 Å². The minimum Gasteiger partial charge on any atom is -0.335 e. The lowest BCUT2D eigenvalue weighted by molar-refractivity contribution is -0.696. The van der Waals surface area contributed by atoms with E-state index in [1.807, 2.05) is 18.1 Å². The number of fused-ring (bicyclic) bond motifs is 1. The zero-order chi connectivity index (χ0) is 13.9. The van der Waals surface area contributed by atoms with E-state index in [-0.39, 0.29) is 0 Å². The summed E-state index contributed by atoms with van der Waals surface area (Å²) in [6, 6.07) is 10.6. The van der Waals surface area contributed by atoms with Gasteiger partial charge in [0.15, 0.2) is 5.69 Å². The molecule has 1 aromatic heterocycles. The third-order valence-electron chi connectivity index (χ3n) is 3.38. The average Bonchev–Trinajstić information content (AvgIpc) is 2.85. The number of rotatable bonds is 3. The molecule has 0 radical (unpaired) electrons. The Bertz CT molecular complexity index is 634. The van der Waals surface area contributed by atoms with Crippen molar-refractivity contribution in [1.29, 1.82) is 0 Å². The van der Waals surface area contributed by atoms with Crippen LogP contribution in [-0.2, 0) is 6.54 Å². The molecule has 0 amide bonds. The van der Waals surface area contributed by atoms with Gasteiger partial charge >= 0.3 is 0 Å². The van der Waals surface area contributed by atoms with Crippen LogP contribution in [0.1, 0.15) is 19.5 Å². The topological polar surface area (TPSA) is 20.0 Å². The first-order chi connectivity index (χ1) is 9.81. The van der Waals surface area contributed by atoms with Gasteiger partial charge in [-0.3, -0.25) is 0 Å². The van der Waals surface area contributed by atoms with E-state index in [4.69, 9.17) is 0 Å². The van der Waals surface area contributed by atoms with Crippen molar-refractivity contribution >= 4 is 23.5 Å². The van der Waals surface area contributed by atoms with Crippen LogP contribution in [0, 0.1) is 0 Å². The lowest BCUT2D eigenvalue weighted by Gasteiger charge is -2.17. The number of anilines is 1. The molecule has 3 nitrogen and oxygen atoms in total. The van der Waals surface area contributed by atoms with Gasteiger partial charge in [0, 0.05) is 23.6 Å². The summed E-state index contributed by atoms with van der Waals surface area (Å²) < 4.78 is 2.07. The Hall–Kier alpha value is -1.81. The normalized spacial score (nSPS) is 15.7. The molecule has 0 atom stereocenters. The summed E-state index contributed by atoms with van der Waals surface area (Å²) in [4.78, 5) is 8.15. The smallest absolute Gasteiger partial charge is 0.286 e. The Balaban J connectivity index is 1.92. The van der Waals surface area contributed by atoms with Crippen LogP contribution in [0.5, 0.6) is 0 Å². The minimum absolute atomic E-state index is 0.950. The van der Waals surface area contributed by atoms with E-state index >= 15 is 0 Å². The molecule has 1 aliphatic heterocycles. The zero-order valence-corrected chi connectivity index (χ0v) is 12.6. The van der Waals surface area contributed by atoms with Crippen molar-refractivity contribution in [3.05, 3.63) is 53.6 Å². The van der Waals surface area contributed by atoms with Crippen molar-refractivity contribution < 1.29 is 4.57 Å². The maximum atomic E-state index is 4.49. The summed E-state index contributed by atoms with van der Waals surface area (Å²) in [5, 5.41) is 1.25.